The van der Waals surface area contributed by atoms with Gasteiger partial charge in [0, 0.05) is 16.3 Å². The summed E-state index contributed by atoms with van der Waals surface area (Å²) in [5.41, 5.74) is 0.981. The van der Waals surface area contributed by atoms with Crippen molar-refractivity contribution < 1.29 is 22.2 Å². The molecule has 0 unspecified atom stereocenters. The van der Waals surface area contributed by atoms with Crippen LogP contribution in [0.15, 0.2) is 80.8 Å². The van der Waals surface area contributed by atoms with E-state index in [-0.39, 0.29) is 23.1 Å². The topological polar surface area (TPSA) is 127 Å². The maximum Gasteiger partial charge on any atom is 0.287 e. The third-order valence-corrected chi connectivity index (χ3v) is 5.78. The molecule has 0 saturated carbocycles. The fourth-order valence-corrected chi connectivity index (χ4v) is 3.79. The predicted octanol–water partition coefficient (Wildman–Crippen LogP) is 3.71. The van der Waals surface area contributed by atoms with E-state index in [2.05, 4.69) is 20.2 Å². The van der Waals surface area contributed by atoms with Gasteiger partial charge in [0.05, 0.1) is 17.7 Å². The first-order valence-corrected chi connectivity index (χ1v) is 10.8. The normalized spacial score (nSPS) is 11.3. The Bertz CT molecular complexity index is 1280. The first kappa shape index (κ1) is 20.6. The van der Waals surface area contributed by atoms with E-state index in [0.29, 0.717) is 22.1 Å². The molecule has 0 saturated heterocycles. The number of furan rings is 1. The van der Waals surface area contributed by atoms with Crippen molar-refractivity contribution in [2.45, 2.75) is 11.4 Å². The van der Waals surface area contributed by atoms with Crippen LogP contribution in [0.2, 0.25) is 5.02 Å². The number of hydrogen-bond donors (Lipinski definition) is 2. The van der Waals surface area contributed by atoms with Crippen LogP contribution in [0.4, 0.5) is 5.69 Å². The number of anilines is 1. The molecule has 0 spiro atoms. The Labute approximate surface area is 182 Å². The summed E-state index contributed by atoms with van der Waals surface area (Å²) in [6.45, 7) is 0.0332. The van der Waals surface area contributed by atoms with Gasteiger partial charge in [0.15, 0.2) is 5.76 Å². The smallest absolute Gasteiger partial charge is 0.287 e. The highest BCUT2D eigenvalue weighted by molar-refractivity contribution is 7.92. The summed E-state index contributed by atoms with van der Waals surface area (Å²) in [6.07, 6.45) is 1.40. The van der Waals surface area contributed by atoms with Crippen LogP contribution >= 0.6 is 11.6 Å². The fourth-order valence-electron chi connectivity index (χ4n) is 2.61. The van der Waals surface area contributed by atoms with E-state index in [1.165, 1.54) is 36.6 Å². The average molecular weight is 459 g/mol. The highest BCUT2D eigenvalue weighted by Crippen LogP contribution is 2.22. The van der Waals surface area contributed by atoms with Crippen LogP contribution in [0, 0.1) is 0 Å². The van der Waals surface area contributed by atoms with E-state index in [9.17, 15) is 13.2 Å². The zero-order valence-corrected chi connectivity index (χ0v) is 17.4. The van der Waals surface area contributed by atoms with Crippen LogP contribution in [0.3, 0.4) is 0 Å². The summed E-state index contributed by atoms with van der Waals surface area (Å²) in [5, 5.41) is 6.93. The van der Waals surface area contributed by atoms with Crippen LogP contribution in [0.1, 0.15) is 16.4 Å². The number of nitrogens with zero attached hydrogens (tertiary/aromatic N) is 2. The first-order chi connectivity index (χ1) is 14.9. The Kier molecular flexibility index (Phi) is 5.74. The van der Waals surface area contributed by atoms with E-state index >= 15 is 0 Å². The lowest BCUT2D eigenvalue weighted by Crippen LogP contribution is -2.22. The predicted molar refractivity (Wildman–Crippen MR) is 112 cm³/mol. The van der Waals surface area contributed by atoms with Crippen molar-refractivity contribution in [1.82, 2.24) is 15.5 Å². The number of carbonyl (C=O) groups excluding carboxylic acids is 1. The maximum atomic E-state index is 12.4. The maximum absolute atomic E-state index is 12.4. The van der Waals surface area contributed by atoms with Gasteiger partial charge in [0.2, 0.25) is 11.7 Å². The van der Waals surface area contributed by atoms with Crippen molar-refractivity contribution in [2.24, 2.45) is 0 Å². The minimum Gasteiger partial charge on any atom is -0.459 e. The van der Waals surface area contributed by atoms with E-state index in [1.807, 2.05) is 0 Å². The lowest BCUT2D eigenvalue weighted by molar-refractivity contribution is 0.0918. The molecule has 4 rings (SSSR count). The minimum absolute atomic E-state index is 0.0332. The standard InChI is InChI=1S/C20H15ClN4O5S/c21-14-5-9-16(10-6-14)31(27,28)25-15-7-3-13(4-8-15)19-23-18(30-24-19)12-22-20(26)17-2-1-11-29-17/h1-11,25H,12H2,(H,22,26). The fraction of sp³-hybridized carbons (Fsp3) is 0.0500. The van der Waals surface area contributed by atoms with Gasteiger partial charge in [-0.1, -0.05) is 16.8 Å². The van der Waals surface area contributed by atoms with Crippen LogP contribution in [0.5, 0.6) is 0 Å². The Morgan fingerprint density at radius 2 is 1.77 bits per heavy atom. The average Bonchev–Trinajstić information content (AvgIpc) is 3.45. The summed E-state index contributed by atoms with van der Waals surface area (Å²) in [4.78, 5) is 16.2. The van der Waals surface area contributed by atoms with Gasteiger partial charge < -0.3 is 14.3 Å². The molecule has 9 nitrogen and oxygen atoms in total. The molecule has 0 radical (unpaired) electrons. The van der Waals surface area contributed by atoms with Gasteiger partial charge in [0.1, 0.15) is 0 Å². The Morgan fingerprint density at radius 1 is 1.03 bits per heavy atom. The monoisotopic (exact) mass is 458 g/mol. The Balaban J connectivity index is 1.40. The molecular formula is C20H15ClN4O5S. The molecule has 0 fully saturated rings. The summed E-state index contributed by atoms with van der Waals surface area (Å²) < 4.78 is 37.5. The molecule has 11 heteroatoms. The van der Waals surface area contributed by atoms with E-state index < -0.39 is 15.9 Å². The number of amides is 1. The zero-order valence-electron chi connectivity index (χ0n) is 15.8. The third-order valence-electron chi connectivity index (χ3n) is 4.13. The summed E-state index contributed by atoms with van der Waals surface area (Å²) in [6, 6.07) is 15.5. The van der Waals surface area contributed by atoms with Gasteiger partial charge in [-0.15, -0.1) is 0 Å². The van der Waals surface area contributed by atoms with Gasteiger partial charge in [-0.2, -0.15) is 4.98 Å². The number of halogens is 1. The van der Waals surface area contributed by atoms with Gasteiger partial charge in [0.25, 0.3) is 15.9 Å². The van der Waals surface area contributed by atoms with E-state index in [0.717, 1.165) is 0 Å². The highest BCUT2D eigenvalue weighted by atomic mass is 35.5. The van der Waals surface area contributed by atoms with Crippen LogP contribution in [-0.4, -0.2) is 24.5 Å². The molecule has 0 bridgehead atoms. The molecule has 1 amide bonds. The first-order valence-electron chi connectivity index (χ1n) is 8.94. The van der Waals surface area contributed by atoms with E-state index in [1.54, 1.807) is 30.3 Å². The lowest BCUT2D eigenvalue weighted by atomic mass is 10.2. The molecule has 158 valence electrons. The van der Waals surface area contributed by atoms with E-state index in [4.69, 9.17) is 20.5 Å². The number of rotatable bonds is 7. The number of carbonyl (C=O) groups is 1. The second kappa shape index (κ2) is 8.62. The van der Waals surface area contributed by atoms with Crippen molar-refractivity contribution in [2.75, 3.05) is 4.72 Å². The molecule has 2 aromatic carbocycles. The number of aromatic nitrogens is 2. The van der Waals surface area contributed by atoms with Crippen molar-refractivity contribution >= 4 is 33.2 Å². The number of nitrogens with one attached hydrogen (secondary N) is 2. The largest absolute Gasteiger partial charge is 0.459 e. The molecule has 2 N–H and O–H groups in total. The van der Waals surface area contributed by atoms with Gasteiger partial charge in [-0.05, 0) is 60.7 Å². The summed E-state index contributed by atoms with van der Waals surface area (Å²) in [5.74, 6) is 0.287. The summed E-state index contributed by atoms with van der Waals surface area (Å²) in [7, 11) is -3.74. The summed E-state index contributed by atoms with van der Waals surface area (Å²) >= 11 is 5.80. The molecule has 31 heavy (non-hydrogen) atoms. The molecule has 0 aliphatic heterocycles. The number of benzene rings is 2. The molecular weight excluding hydrogens is 444 g/mol. The lowest BCUT2D eigenvalue weighted by Gasteiger charge is -2.08. The molecule has 0 atom stereocenters. The van der Waals surface area contributed by atoms with Crippen molar-refractivity contribution in [3.63, 3.8) is 0 Å². The Hall–Kier alpha value is -3.63. The van der Waals surface area contributed by atoms with Gasteiger partial charge >= 0.3 is 0 Å². The van der Waals surface area contributed by atoms with Crippen LogP contribution in [-0.2, 0) is 16.6 Å². The zero-order chi connectivity index (χ0) is 21.8. The molecule has 2 aromatic heterocycles. The van der Waals surface area contributed by atoms with Crippen molar-refractivity contribution in [3.05, 3.63) is 83.6 Å². The van der Waals surface area contributed by atoms with Crippen LogP contribution < -0.4 is 10.0 Å². The molecule has 2 heterocycles. The van der Waals surface area contributed by atoms with Gasteiger partial charge in [-0.3, -0.25) is 9.52 Å². The number of hydrogen-bond acceptors (Lipinski definition) is 7. The third kappa shape index (κ3) is 4.93. The number of sulfonamides is 1. The molecule has 0 aliphatic carbocycles. The minimum atomic E-state index is -3.74. The highest BCUT2D eigenvalue weighted by Gasteiger charge is 2.15. The molecule has 4 aromatic rings. The van der Waals surface area contributed by atoms with Crippen LogP contribution in [0.25, 0.3) is 11.4 Å². The van der Waals surface area contributed by atoms with Crippen molar-refractivity contribution in [3.8, 4) is 11.4 Å². The quantitative estimate of drug-likeness (QED) is 0.432. The SMILES string of the molecule is O=C(NCc1nc(-c2ccc(NS(=O)(=O)c3ccc(Cl)cc3)cc2)no1)c1ccco1. The molecule has 0 aliphatic rings. The van der Waals surface area contributed by atoms with Crippen molar-refractivity contribution in [1.29, 1.82) is 0 Å². The Morgan fingerprint density at radius 3 is 2.45 bits per heavy atom. The second-order valence-corrected chi connectivity index (χ2v) is 8.43. The van der Waals surface area contributed by atoms with Gasteiger partial charge in [-0.25, -0.2) is 8.42 Å². The second-order valence-electron chi connectivity index (χ2n) is 6.31.